The third kappa shape index (κ3) is 2.81. The van der Waals surface area contributed by atoms with E-state index in [0.717, 1.165) is 43.6 Å². The highest BCUT2D eigenvalue weighted by molar-refractivity contribution is 5.71. The van der Waals surface area contributed by atoms with Crippen LogP contribution in [0.5, 0.6) is 0 Å². The van der Waals surface area contributed by atoms with Crippen molar-refractivity contribution in [1.29, 1.82) is 0 Å². The third-order valence-corrected chi connectivity index (χ3v) is 6.63. The van der Waals surface area contributed by atoms with Gasteiger partial charge in [0.25, 0.3) is 0 Å². The Kier molecular flexibility index (Phi) is 4.37. The van der Waals surface area contributed by atoms with Crippen LogP contribution in [0.1, 0.15) is 29.5 Å². The highest BCUT2D eigenvalue weighted by Crippen LogP contribution is 2.40. The average molecular weight is 378 g/mol. The van der Waals surface area contributed by atoms with Crippen LogP contribution in [0, 0.1) is 5.92 Å². The molecule has 2 atom stereocenters. The molecule has 1 N–H and O–H groups in total. The Morgan fingerprint density at radius 1 is 1.00 bits per heavy atom. The number of hydrogen-bond donors (Lipinski definition) is 1. The van der Waals surface area contributed by atoms with Gasteiger partial charge in [0.1, 0.15) is 6.10 Å². The third-order valence-electron chi connectivity index (χ3n) is 6.63. The van der Waals surface area contributed by atoms with Crippen molar-refractivity contribution in [2.75, 3.05) is 26.2 Å². The Bertz CT molecular complexity index is 863. The van der Waals surface area contributed by atoms with E-state index in [1.807, 2.05) is 54.6 Å². The fraction of sp³-hybridized carbons (Fsp3) is 0.435. The number of carbonyl (C=O) groups excluding carboxylic acids is 1. The second-order valence-corrected chi connectivity index (χ2v) is 8.16. The molecule has 146 valence electrons. The first-order valence-corrected chi connectivity index (χ1v) is 10.2. The zero-order valence-corrected chi connectivity index (χ0v) is 16.0. The largest absolute Gasteiger partial charge is 0.444 e. The van der Waals surface area contributed by atoms with Crippen LogP contribution in [-0.4, -0.2) is 53.3 Å². The van der Waals surface area contributed by atoms with Gasteiger partial charge in [0.2, 0.25) is 0 Å². The minimum atomic E-state index is -1.51. The summed E-state index contributed by atoms with van der Waals surface area (Å²) in [6.07, 6.45) is 2.39. The molecule has 4 aliphatic heterocycles. The summed E-state index contributed by atoms with van der Waals surface area (Å²) < 4.78 is 5.98. The van der Waals surface area contributed by atoms with Gasteiger partial charge in [-0.15, -0.1) is 0 Å². The SMILES string of the molecule is O=C(O[C@H]1CN2CCC1CC2)N1CCc2ccccc2[C@]1(O)c1ccccc1. The lowest BCUT2D eigenvalue weighted by Crippen LogP contribution is -2.57. The lowest BCUT2D eigenvalue weighted by molar-refractivity contribution is -0.101. The number of piperidine rings is 3. The van der Waals surface area contributed by atoms with Crippen molar-refractivity contribution < 1.29 is 14.6 Å². The van der Waals surface area contributed by atoms with Crippen LogP contribution in [0.25, 0.3) is 0 Å². The van der Waals surface area contributed by atoms with Crippen LogP contribution < -0.4 is 0 Å². The Morgan fingerprint density at radius 2 is 1.71 bits per heavy atom. The van der Waals surface area contributed by atoms with E-state index < -0.39 is 11.8 Å². The van der Waals surface area contributed by atoms with Crippen LogP contribution in [0.15, 0.2) is 54.6 Å². The fourth-order valence-electron chi connectivity index (χ4n) is 5.06. The molecule has 0 spiro atoms. The summed E-state index contributed by atoms with van der Waals surface area (Å²) in [5.74, 6) is 0.441. The Balaban J connectivity index is 1.48. The van der Waals surface area contributed by atoms with Crippen molar-refractivity contribution >= 4 is 6.09 Å². The molecular formula is C23H26N2O3. The van der Waals surface area contributed by atoms with Gasteiger partial charge in [-0.05, 0) is 43.8 Å². The van der Waals surface area contributed by atoms with Crippen LogP contribution >= 0.6 is 0 Å². The second kappa shape index (κ2) is 6.90. The van der Waals surface area contributed by atoms with Gasteiger partial charge in [-0.1, -0.05) is 54.6 Å². The van der Waals surface area contributed by atoms with Crippen LogP contribution in [0.3, 0.4) is 0 Å². The molecule has 4 heterocycles. The van der Waals surface area contributed by atoms with Crippen LogP contribution in [0.4, 0.5) is 4.79 Å². The van der Waals surface area contributed by atoms with E-state index in [1.165, 1.54) is 4.90 Å². The number of nitrogens with zero attached hydrogens (tertiary/aromatic N) is 2. The minimum Gasteiger partial charge on any atom is -0.444 e. The normalized spacial score (nSPS) is 31.3. The lowest BCUT2D eigenvalue weighted by atomic mass is 9.84. The molecule has 0 saturated carbocycles. The van der Waals surface area contributed by atoms with Gasteiger partial charge >= 0.3 is 6.09 Å². The molecular weight excluding hydrogens is 352 g/mol. The lowest BCUT2D eigenvalue weighted by Gasteiger charge is -2.47. The van der Waals surface area contributed by atoms with Crippen LogP contribution in [-0.2, 0) is 16.9 Å². The molecule has 3 saturated heterocycles. The number of amides is 1. The predicted octanol–water partition coefficient (Wildman–Crippen LogP) is 2.97. The van der Waals surface area contributed by atoms with Gasteiger partial charge in [-0.25, -0.2) is 4.79 Å². The Labute approximate surface area is 165 Å². The van der Waals surface area contributed by atoms with Gasteiger partial charge in [0, 0.05) is 24.2 Å². The van der Waals surface area contributed by atoms with E-state index in [-0.39, 0.29) is 6.10 Å². The quantitative estimate of drug-likeness (QED) is 0.873. The zero-order chi connectivity index (χ0) is 19.1. The van der Waals surface area contributed by atoms with Crippen molar-refractivity contribution in [3.8, 4) is 0 Å². The number of ether oxygens (including phenoxy) is 1. The molecule has 2 aromatic carbocycles. The molecule has 0 unspecified atom stereocenters. The second-order valence-electron chi connectivity index (χ2n) is 8.16. The first kappa shape index (κ1) is 17.7. The molecule has 6 rings (SSSR count). The standard InChI is InChI=1S/C23H26N2O3/c26-22(28-21-16-24-13-10-18(21)11-14-24)25-15-12-17-6-4-5-9-20(17)23(25,27)19-7-2-1-3-8-19/h1-9,18,21,27H,10-16H2/t21-,23+/m0/s1. The van der Waals surface area contributed by atoms with Crippen molar-refractivity contribution in [3.05, 3.63) is 71.3 Å². The van der Waals surface area contributed by atoms with Crippen LogP contribution in [0.2, 0.25) is 0 Å². The number of benzene rings is 2. The number of carbonyl (C=O) groups is 1. The molecule has 3 fully saturated rings. The smallest absolute Gasteiger partial charge is 0.412 e. The summed E-state index contributed by atoms with van der Waals surface area (Å²) in [4.78, 5) is 17.2. The minimum absolute atomic E-state index is 0.0767. The first-order valence-electron chi connectivity index (χ1n) is 10.2. The molecule has 1 amide bonds. The maximum atomic E-state index is 13.3. The summed E-state index contributed by atoms with van der Waals surface area (Å²) in [6, 6.07) is 17.3. The maximum absolute atomic E-state index is 13.3. The predicted molar refractivity (Wildman–Crippen MR) is 106 cm³/mol. The van der Waals surface area contributed by atoms with Crippen molar-refractivity contribution in [1.82, 2.24) is 9.80 Å². The highest BCUT2D eigenvalue weighted by atomic mass is 16.6. The molecule has 28 heavy (non-hydrogen) atoms. The molecule has 2 bridgehead atoms. The summed E-state index contributed by atoms with van der Waals surface area (Å²) in [5.41, 5.74) is 1.01. The molecule has 5 nitrogen and oxygen atoms in total. The summed E-state index contributed by atoms with van der Waals surface area (Å²) >= 11 is 0. The number of fused-ring (bicyclic) bond motifs is 4. The van der Waals surface area contributed by atoms with Gasteiger partial charge in [-0.2, -0.15) is 0 Å². The van der Waals surface area contributed by atoms with E-state index in [0.29, 0.717) is 24.4 Å². The Morgan fingerprint density at radius 3 is 2.43 bits per heavy atom. The topological polar surface area (TPSA) is 53.0 Å². The Hall–Kier alpha value is -2.37. The summed E-state index contributed by atoms with van der Waals surface area (Å²) in [5, 5.41) is 11.9. The highest BCUT2D eigenvalue weighted by Gasteiger charge is 2.47. The summed E-state index contributed by atoms with van der Waals surface area (Å²) in [7, 11) is 0. The van der Waals surface area contributed by atoms with Crippen molar-refractivity contribution in [2.45, 2.75) is 31.1 Å². The molecule has 0 radical (unpaired) electrons. The van der Waals surface area contributed by atoms with E-state index in [2.05, 4.69) is 4.90 Å². The van der Waals surface area contributed by atoms with Crippen molar-refractivity contribution in [3.63, 3.8) is 0 Å². The van der Waals surface area contributed by atoms with Gasteiger partial charge in [0.05, 0.1) is 0 Å². The van der Waals surface area contributed by atoms with Gasteiger partial charge in [-0.3, -0.25) is 9.80 Å². The molecule has 0 aromatic heterocycles. The number of rotatable bonds is 2. The number of aliphatic hydroxyl groups is 1. The summed E-state index contributed by atoms with van der Waals surface area (Å²) in [6.45, 7) is 3.44. The zero-order valence-electron chi connectivity index (χ0n) is 16.0. The van der Waals surface area contributed by atoms with E-state index in [9.17, 15) is 9.90 Å². The monoisotopic (exact) mass is 378 g/mol. The van der Waals surface area contributed by atoms with Crippen molar-refractivity contribution in [2.24, 2.45) is 5.92 Å². The van der Waals surface area contributed by atoms with Gasteiger partial charge < -0.3 is 9.84 Å². The molecule has 5 heteroatoms. The molecule has 0 aliphatic carbocycles. The van der Waals surface area contributed by atoms with E-state index in [4.69, 9.17) is 4.74 Å². The number of hydrogen-bond acceptors (Lipinski definition) is 4. The first-order chi connectivity index (χ1) is 13.7. The average Bonchev–Trinajstić information content (AvgIpc) is 2.75. The van der Waals surface area contributed by atoms with E-state index >= 15 is 0 Å². The molecule has 2 aromatic rings. The fourth-order valence-corrected chi connectivity index (χ4v) is 5.06. The van der Waals surface area contributed by atoms with E-state index in [1.54, 1.807) is 0 Å². The van der Waals surface area contributed by atoms with Gasteiger partial charge in [0.15, 0.2) is 5.72 Å². The molecule has 4 aliphatic rings. The maximum Gasteiger partial charge on any atom is 0.412 e.